The molecule has 2 heterocycles. The lowest BCUT2D eigenvalue weighted by atomic mass is 10.2. The van der Waals surface area contributed by atoms with Crippen LogP contribution in [-0.4, -0.2) is 19.2 Å². The first-order chi connectivity index (χ1) is 9.91. The first kappa shape index (κ1) is 13.6. The number of aromatic nitrogens is 4. The first-order valence-corrected chi connectivity index (χ1v) is 6.05. The summed E-state index contributed by atoms with van der Waals surface area (Å²) in [6, 6.07) is 1.46. The topological polar surface area (TPSA) is 52.2 Å². The monoisotopic (exact) mass is 314 g/mol. The zero-order valence-corrected chi connectivity index (χ0v) is 11.2. The smallest absolute Gasteiger partial charge is 0.262 e. The van der Waals surface area contributed by atoms with Gasteiger partial charge in [-0.3, -0.25) is 4.79 Å². The molecule has 1 aromatic carbocycles. The molecule has 21 heavy (non-hydrogen) atoms. The maximum absolute atomic E-state index is 14.3. The van der Waals surface area contributed by atoms with Crippen LogP contribution in [0.2, 0.25) is 5.02 Å². The summed E-state index contributed by atoms with van der Waals surface area (Å²) < 4.78 is 43.3. The van der Waals surface area contributed by atoms with E-state index in [0.717, 1.165) is 16.8 Å². The van der Waals surface area contributed by atoms with Crippen LogP contribution in [0.15, 0.2) is 23.3 Å². The van der Waals surface area contributed by atoms with Gasteiger partial charge in [-0.15, -0.1) is 10.2 Å². The number of halogens is 4. The number of hydrogen-bond acceptors (Lipinski definition) is 3. The van der Waals surface area contributed by atoms with E-state index >= 15 is 0 Å². The zero-order chi connectivity index (χ0) is 15.3. The Morgan fingerprint density at radius 1 is 1.24 bits per heavy atom. The second-order valence-electron chi connectivity index (χ2n) is 4.27. The molecule has 0 atom stereocenters. The normalized spacial score (nSPS) is 11.3. The quantitative estimate of drug-likeness (QED) is 0.647. The number of rotatable bonds is 1. The van der Waals surface area contributed by atoms with Gasteiger partial charge in [-0.25, -0.2) is 17.7 Å². The average Bonchev–Trinajstić information content (AvgIpc) is 2.89. The van der Waals surface area contributed by atoms with Crippen molar-refractivity contribution < 1.29 is 13.2 Å². The number of benzene rings is 1. The van der Waals surface area contributed by atoms with Gasteiger partial charge in [-0.2, -0.15) is 4.39 Å². The summed E-state index contributed by atoms with van der Waals surface area (Å²) in [5, 5.41) is 6.83. The highest BCUT2D eigenvalue weighted by atomic mass is 35.5. The molecule has 2 aromatic heterocycles. The second kappa shape index (κ2) is 4.59. The standard InChI is InChI=1S/C12H6ClF3N4O/c1-5-6(13)2-7(14)11(10(5)16)20-9(21)3-8(15)19-4-17-18-12(19)20/h2-4H,1H3. The van der Waals surface area contributed by atoms with Gasteiger partial charge in [0, 0.05) is 10.6 Å². The lowest BCUT2D eigenvalue weighted by Gasteiger charge is -2.12. The fourth-order valence-corrected chi connectivity index (χ4v) is 2.14. The van der Waals surface area contributed by atoms with Crippen molar-refractivity contribution >= 4 is 17.4 Å². The van der Waals surface area contributed by atoms with E-state index in [4.69, 9.17) is 11.6 Å². The van der Waals surface area contributed by atoms with Crippen LogP contribution < -0.4 is 5.56 Å². The van der Waals surface area contributed by atoms with E-state index < -0.39 is 28.8 Å². The molecule has 0 saturated heterocycles. The van der Waals surface area contributed by atoms with Crippen LogP contribution in [0.25, 0.3) is 11.5 Å². The second-order valence-corrected chi connectivity index (χ2v) is 4.68. The van der Waals surface area contributed by atoms with Crippen molar-refractivity contribution in [3.63, 3.8) is 0 Å². The third-order valence-corrected chi connectivity index (χ3v) is 3.41. The van der Waals surface area contributed by atoms with Gasteiger partial charge in [-0.05, 0) is 13.0 Å². The largest absolute Gasteiger partial charge is 0.269 e. The highest BCUT2D eigenvalue weighted by Gasteiger charge is 2.21. The van der Waals surface area contributed by atoms with Crippen molar-refractivity contribution in [1.29, 1.82) is 0 Å². The maximum Gasteiger partial charge on any atom is 0.262 e. The average molecular weight is 315 g/mol. The van der Waals surface area contributed by atoms with Crippen LogP contribution in [-0.2, 0) is 0 Å². The number of hydrogen-bond donors (Lipinski definition) is 0. The lowest BCUT2D eigenvalue weighted by Crippen LogP contribution is -2.24. The first-order valence-electron chi connectivity index (χ1n) is 5.67. The molecule has 0 aliphatic rings. The minimum absolute atomic E-state index is 0.0399. The van der Waals surface area contributed by atoms with E-state index in [0.29, 0.717) is 10.6 Å². The van der Waals surface area contributed by atoms with Crippen LogP contribution in [0.1, 0.15) is 5.56 Å². The predicted molar refractivity (Wildman–Crippen MR) is 68.2 cm³/mol. The molecule has 0 aliphatic carbocycles. The molecule has 0 amide bonds. The molecule has 108 valence electrons. The Labute approximate surface area is 120 Å². The van der Waals surface area contributed by atoms with Crippen molar-refractivity contribution in [2.24, 2.45) is 0 Å². The van der Waals surface area contributed by atoms with E-state index in [2.05, 4.69) is 10.2 Å². The fraction of sp³-hybridized carbons (Fsp3) is 0.0833. The Bertz CT molecular complexity index is 934. The number of nitrogens with zero attached hydrogens (tertiary/aromatic N) is 4. The minimum atomic E-state index is -1.07. The lowest BCUT2D eigenvalue weighted by molar-refractivity contribution is 0.542. The Kier molecular flexibility index (Phi) is 2.98. The molecule has 0 aliphatic heterocycles. The summed E-state index contributed by atoms with van der Waals surface area (Å²) in [6.45, 7) is 1.33. The summed E-state index contributed by atoms with van der Waals surface area (Å²) in [5.74, 6) is -3.39. The van der Waals surface area contributed by atoms with Crippen molar-refractivity contribution in [1.82, 2.24) is 19.2 Å². The third-order valence-electron chi connectivity index (χ3n) is 3.02. The van der Waals surface area contributed by atoms with Crippen molar-refractivity contribution in [3.05, 3.63) is 57.0 Å². The molecule has 0 fully saturated rings. The highest BCUT2D eigenvalue weighted by molar-refractivity contribution is 6.31. The molecule has 5 nitrogen and oxygen atoms in total. The van der Waals surface area contributed by atoms with Crippen LogP contribution >= 0.6 is 11.6 Å². The Hall–Kier alpha value is -2.35. The molecule has 3 rings (SSSR count). The van der Waals surface area contributed by atoms with Gasteiger partial charge in [0.05, 0.1) is 6.07 Å². The van der Waals surface area contributed by atoms with Crippen molar-refractivity contribution in [2.75, 3.05) is 0 Å². The summed E-state index contributed by atoms with van der Waals surface area (Å²) in [5.41, 5.74) is -1.70. The molecule has 0 unspecified atom stereocenters. The van der Waals surface area contributed by atoms with Gasteiger partial charge >= 0.3 is 0 Å². The predicted octanol–water partition coefficient (Wildman–Crippen LogP) is 2.26. The van der Waals surface area contributed by atoms with E-state index in [9.17, 15) is 18.0 Å². The summed E-state index contributed by atoms with van der Waals surface area (Å²) in [6.07, 6.45) is 0.985. The van der Waals surface area contributed by atoms with Crippen LogP contribution in [0, 0.1) is 24.5 Å². The molecule has 0 bridgehead atoms. The van der Waals surface area contributed by atoms with E-state index in [1.54, 1.807) is 0 Å². The van der Waals surface area contributed by atoms with Crippen LogP contribution in [0.4, 0.5) is 13.2 Å². The zero-order valence-electron chi connectivity index (χ0n) is 10.4. The molecule has 9 heteroatoms. The maximum atomic E-state index is 14.3. The molecular weight excluding hydrogens is 309 g/mol. The molecule has 0 radical (unpaired) electrons. The summed E-state index contributed by atoms with van der Waals surface area (Å²) >= 11 is 5.68. The van der Waals surface area contributed by atoms with Gasteiger partial charge in [0.2, 0.25) is 11.7 Å². The molecule has 3 aromatic rings. The molecule has 0 saturated carbocycles. The Morgan fingerprint density at radius 2 is 1.95 bits per heavy atom. The van der Waals surface area contributed by atoms with Gasteiger partial charge in [-0.1, -0.05) is 11.6 Å². The van der Waals surface area contributed by atoms with Gasteiger partial charge in [0.1, 0.15) is 12.0 Å². The highest BCUT2D eigenvalue weighted by Crippen LogP contribution is 2.27. The minimum Gasteiger partial charge on any atom is -0.269 e. The fourth-order valence-electron chi connectivity index (χ4n) is 1.96. The molecule has 0 N–H and O–H groups in total. The number of fused-ring (bicyclic) bond motifs is 1. The van der Waals surface area contributed by atoms with Gasteiger partial charge < -0.3 is 0 Å². The van der Waals surface area contributed by atoms with E-state index in [1.165, 1.54) is 6.92 Å². The van der Waals surface area contributed by atoms with E-state index in [-0.39, 0.29) is 16.4 Å². The van der Waals surface area contributed by atoms with Crippen molar-refractivity contribution in [3.8, 4) is 5.69 Å². The molecule has 0 spiro atoms. The molecular formula is C12H6ClF3N4O. The van der Waals surface area contributed by atoms with Gasteiger partial charge in [0.15, 0.2) is 11.6 Å². The van der Waals surface area contributed by atoms with Crippen LogP contribution in [0.5, 0.6) is 0 Å². The van der Waals surface area contributed by atoms with Gasteiger partial charge in [0.25, 0.3) is 5.56 Å². The SMILES string of the molecule is Cc1c(Cl)cc(F)c(-n2c(=O)cc(F)n3cnnc23)c1F. The Balaban J connectivity index is 2.50. The third kappa shape index (κ3) is 1.90. The Morgan fingerprint density at radius 3 is 2.67 bits per heavy atom. The summed E-state index contributed by atoms with van der Waals surface area (Å²) in [4.78, 5) is 11.9. The summed E-state index contributed by atoms with van der Waals surface area (Å²) in [7, 11) is 0. The van der Waals surface area contributed by atoms with E-state index in [1.807, 2.05) is 0 Å². The van der Waals surface area contributed by atoms with Crippen molar-refractivity contribution in [2.45, 2.75) is 6.92 Å². The van der Waals surface area contributed by atoms with Crippen LogP contribution in [0.3, 0.4) is 0 Å².